The highest BCUT2D eigenvalue weighted by Crippen LogP contribution is 2.25. The van der Waals surface area contributed by atoms with E-state index in [-0.39, 0.29) is 17.5 Å². The molecule has 0 saturated carbocycles. The van der Waals surface area contributed by atoms with Crippen LogP contribution in [-0.4, -0.2) is 18.2 Å². The average molecular weight is 248 g/mol. The Balaban J connectivity index is 2.11. The number of halogens is 1. The molecule has 4 heteroatoms. The second kappa shape index (κ2) is 5.05. The van der Waals surface area contributed by atoms with Crippen LogP contribution in [0.3, 0.4) is 0 Å². The first-order valence-corrected chi connectivity index (χ1v) is 6.10. The van der Waals surface area contributed by atoms with Gasteiger partial charge >= 0.3 is 0 Å². The highest BCUT2D eigenvalue weighted by atomic mass is 19.1. The fourth-order valence-corrected chi connectivity index (χ4v) is 2.18. The maximum Gasteiger partial charge on any atom is 0.123 e. The lowest BCUT2D eigenvalue weighted by Gasteiger charge is -2.29. The van der Waals surface area contributed by atoms with Gasteiger partial charge < -0.3 is 10.1 Å². The molecule has 3 nitrogen and oxygen atoms in total. The second-order valence-electron chi connectivity index (χ2n) is 4.95. The zero-order valence-corrected chi connectivity index (χ0v) is 10.7. The molecule has 2 atom stereocenters. The Morgan fingerprint density at radius 3 is 3.00 bits per heavy atom. The van der Waals surface area contributed by atoms with E-state index in [0.717, 1.165) is 13.0 Å². The summed E-state index contributed by atoms with van der Waals surface area (Å²) in [6, 6.07) is 6.32. The summed E-state index contributed by atoms with van der Waals surface area (Å²) in [6.07, 6.45) is 1.04. The van der Waals surface area contributed by atoms with Gasteiger partial charge in [0, 0.05) is 18.7 Å². The Morgan fingerprint density at radius 1 is 1.61 bits per heavy atom. The molecule has 0 bridgehead atoms. The lowest BCUT2D eigenvalue weighted by Crippen LogP contribution is -2.47. The largest absolute Gasteiger partial charge is 0.377 e. The fourth-order valence-electron chi connectivity index (χ4n) is 2.18. The van der Waals surface area contributed by atoms with Crippen molar-refractivity contribution in [2.45, 2.75) is 38.5 Å². The predicted octanol–water partition coefficient (Wildman–Crippen LogP) is 2.35. The summed E-state index contributed by atoms with van der Waals surface area (Å²) in [5.74, 6) is -0.313. The van der Waals surface area contributed by atoms with Crippen molar-refractivity contribution in [2.24, 2.45) is 0 Å². The van der Waals surface area contributed by atoms with E-state index < -0.39 is 0 Å². The number of rotatable bonds is 3. The number of nitrogens with zero attached hydrogens (tertiary/aromatic N) is 1. The van der Waals surface area contributed by atoms with Crippen molar-refractivity contribution in [3.05, 3.63) is 35.1 Å². The van der Waals surface area contributed by atoms with Gasteiger partial charge in [0.05, 0.1) is 17.7 Å². The maximum atomic E-state index is 13.2. The number of benzene rings is 1. The minimum Gasteiger partial charge on any atom is -0.377 e. The van der Waals surface area contributed by atoms with Crippen molar-refractivity contribution in [2.75, 3.05) is 6.61 Å². The van der Waals surface area contributed by atoms with Gasteiger partial charge in [-0.25, -0.2) is 4.39 Å². The fraction of sp³-hybridized carbons (Fsp3) is 0.500. The maximum absolute atomic E-state index is 13.2. The minimum absolute atomic E-state index is 0.112. The first-order chi connectivity index (χ1) is 8.55. The quantitative estimate of drug-likeness (QED) is 0.893. The standard InChI is InChI=1S/C14H17FN2O/c1-10-14(2,5-6-18-10)17-9-12-7-13(15)4-3-11(12)8-16/h3-4,7,10,17H,5-6,9H2,1-2H3. The minimum atomic E-state index is -0.313. The number of hydrogen-bond acceptors (Lipinski definition) is 3. The lowest BCUT2D eigenvalue weighted by molar-refractivity contribution is 0.0881. The van der Waals surface area contributed by atoms with Gasteiger partial charge in [-0.05, 0) is 44.0 Å². The van der Waals surface area contributed by atoms with Crippen LogP contribution in [0.15, 0.2) is 18.2 Å². The monoisotopic (exact) mass is 248 g/mol. The van der Waals surface area contributed by atoms with Gasteiger partial charge in [-0.1, -0.05) is 0 Å². The molecule has 0 aliphatic carbocycles. The molecular weight excluding hydrogens is 231 g/mol. The van der Waals surface area contributed by atoms with Crippen molar-refractivity contribution < 1.29 is 9.13 Å². The summed E-state index contributed by atoms with van der Waals surface area (Å²) in [7, 11) is 0. The van der Waals surface area contributed by atoms with Crippen molar-refractivity contribution >= 4 is 0 Å². The first-order valence-electron chi connectivity index (χ1n) is 6.10. The van der Waals surface area contributed by atoms with Crippen LogP contribution in [0.25, 0.3) is 0 Å². The number of nitrogens with one attached hydrogen (secondary N) is 1. The second-order valence-corrected chi connectivity index (χ2v) is 4.95. The summed E-state index contributed by atoms with van der Waals surface area (Å²) in [5, 5.41) is 12.4. The van der Waals surface area contributed by atoms with Gasteiger partial charge in [0.25, 0.3) is 0 Å². The first kappa shape index (κ1) is 13.0. The van der Waals surface area contributed by atoms with Gasteiger partial charge in [0.15, 0.2) is 0 Å². The Kier molecular flexibility index (Phi) is 3.65. The van der Waals surface area contributed by atoms with Crippen LogP contribution in [0.1, 0.15) is 31.4 Å². The molecular formula is C14H17FN2O. The molecule has 96 valence electrons. The molecule has 0 radical (unpaired) electrons. The van der Waals surface area contributed by atoms with Crippen LogP contribution >= 0.6 is 0 Å². The third-order valence-electron chi connectivity index (χ3n) is 3.76. The Hall–Kier alpha value is -1.44. The molecule has 1 aliphatic heterocycles. The van der Waals surface area contributed by atoms with E-state index in [1.54, 1.807) is 0 Å². The average Bonchev–Trinajstić information content (AvgIpc) is 2.68. The van der Waals surface area contributed by atoms with Gasteiger partial charge in [0.1, 0.15) is 5.82 Å². The van der Waals surface area contributed by atoms with E-state index in [2.05, 4.69) is 18.3 Å². The molecule has 1 aromatic carbocycles. The van der Waals surface area contributed by atoms with Gasteiger partial charge in [-0.15, -0.1) is 0 Å². The van der Waals surface area contributed by atoms with Crippen LogP contribution in [0, 0.1) is 17.1 Å². The van der Waals surface area contributed by atoms with Crippen LogP contribution in [0.5, 0.6) is 0 Å². The molecule has 2 unspecified atom stereocenters. The lowest BCUT2D eigenvalue weighted by atomic mass is 9.94. The van der Waals surface area contributed by atoms with E-state index >= 15 is 0 Å². The number of hydrogen-bond donors (Lipinski definition) is 1. The van der Waals surface area contributed by atoms with Crippen LogP contribution < -0.4 is 5.32 Å². The molecule has 1 heterocycles. The SMILES string of the molecule is CC1OCCC1(C)NCc1cc(F)ccc1C#N. The molecule has 0 amide bonds. The highest BCUT2D eigenvalue weighted by Gasteiger charge is 2.36. The molecule has 18 heavy (non-hydrogen) atoms. The molecule has 1 fully saturated rings. The van der Waals surface area contributed by atoms with Gasteiger partial charge in [-0.2, -0.15) is 5.26 Å². The highest BCUT2D eigenvalue weighted by molar-refractivity contribution is 5.37. The normalized spacial score (nSPS) is 27.1. The Labute approximate surface area is 107 Å². The molecule has 0 spiro atoms. The van der Waals surface area contributed by atoms with E-state index in [4.69, 9.17) is 10.00 Å². The van der Waals surface area contributed by atoms with Crippen molar-refractivity contribution in [1.29, 1.82) is 5.26 Å². The summed E-state index contributed by atoms with van der Waals surface area (Å²) < 4.78 is 18.7. The topological polar surface area (TPSA) is 45.0 Å². The van der Waals surface area contributed by atoms with E-state index in [0.29, 0.717) is 17.7 Å². The smallest absolute Gasteiger partial charge is 0.123 e. The van der Waals surface area contributed by atoms with Gasteiger partial charge in [-0.3, -0.25) is 0 Å². The van der Waals surface area contributed by atoms with Crippen LogP contribution in [0.4, 0.5) is 4.39 Å². The summed E-state index contributed by atoms with van der Waals surface area (Å²) in [6.45, 7) is 5.33. The Morgan fingerprint density at radius 2 is 2.39 bits per heavy atom. The summed E-state index contributed by atoms with van der Waals surface area (Å²) >= 11 is 0. The zero-order chi connectivity index (χ0) is 13.2. The molecule has 0 aromatic heterocycles. The van der Waals surface area contributed by atoms with Crippen LogP contribution in [0.2, 0.25) is 0 Å². The van der Waals surface area contributed by atoms with Crippen LogP contribution in [-0.2, 0) is 11.3 Å². The van der Waals surface area contributed by atoms with E-state index in [9.17, 15) is 4.39 Å². The molecule has 1 aromatic rings. The predicted molar refractivity (Wildman–Crippen MR) is 66.4 cm³/mol. The number of nitriles is 1. The molecule has 1 aliphatic rings. The summed E-state index contributed by atoms with van der Waals surface area (Å²) in [4.78, 5) is 0. The van der Waals surface area contributed by atoms with Gasteiger partial charge in [0.2, 0.25) is 0 Å². The third kappa shape index (κ3) is 2.53. The molecule has 1 N–H and O–H groups in total. The summed E-state index contributed by atoms with van der Waals surface area (Å²) in [5.41, 5.74) is 1.09. The molecule has 2 rings (SSSR count). The number of ether oxygens (including phenoxy) is 1. The van der Waals surface area contributed by atoms with Crippen molar-refractivity contribution in [1.82, 2.24) is 5.32 Å². The van der Waals surface area contributed by atoms with E-state index in [1.807, 2.05) is 6.92 Å². The van der Waals surface area contributed by atoms with Crippen molar-refractivity contribution in [3.63, 3.8) is 0 Å². The molecule has 1 saturated heterocycles. The van der Waals surface area contributed by atoms with E-state index in [1.165, 1.54) is 18.2 Å². The van der Waals surface area contributed by atoms with Crippen molar-refractivity contribution in [3.8, 4) is 6.07 Å². The third-order valence-corrected chi connectivity index (χ3v) is 3.76. The zero-order valence-electron chi connectivity index (χ0n) is 10.7. The Bertz CT molecular complexity index is 483.